The molecule has 1 saturated carbocycles. The SMILES string of the molecule is Cc1ccsc1C=CC(=O)NC1CCCC(C(=O)O)C1. The van der Waals surface area contributed by atoms with Gasteiger partial charge in [0.2, 0.25) is 5.91 Å². The Labute approximate surface area is 122 Å². The average molecular weight is 293 g/mol. The van der Waals surface area contributed by atoms with Gasteiger partial charge in [-0.15, -0.1) is 11.3 Å². The smallest absolute Gasteiger partial charge is 0.306 e. The van der Waals surface area contributed by atoms with Gasteiger partial charge in [-0.2, -0.15) is 0 Å². The van der Waals surface area contributed by atoms with E-state index in [1.54, 1.807) is 11.3 Å². The predicted molar refractivity (Wildman–Crippen MR) is 79.6 cm³/mol. The van der Waals surface area contributed by atoms with Crippen LogP contribution in [0.25, 0.3) is 6.08 Å². The van der Waals surface area contributed by atoms with Crippen molar-refractivity contribution in [1.29, 1.82) is 0 Å². The summed E-state index contributed by atoms with van der Waals surface area (Å²) in [6.07, 6.45) is 6.31. The highest BCUT2D eigenvalue weighted by Crippen LogP contribution is 2.24. The monoisotopic (exact) mass is 293 g/mol. The predicted octanol–water partition coefficient (Wildman–Crippen LogP) is 2.83. The van der Waals surface area contributed by atoms with Crippen molar-refractivity contribution in [2.24, 2.45) is 5.92 Å². The molecule has 0 bridgehead atoms. The summed E-state index contributed by atoms with van der Waals surface area (Å²) >= 11 is 1.60. The highest BCUT2D eigenvalue weighted by Gasteiger charge is 2.27. The number of carboxylic acids is 1. The van der Waals surface area contributed by atoms with Crippen LogP contribution in [0.3, 0.4) is 0 Å². The van der Waals surface area contributed by atoms with Gasteiger partial charge >= 0.3 is 5.97 Å². The fourth-order valence-electron chi connectivity index (χ4n) is 2.50. The molecule has 1 aromatic heterocycles. The average Bonchev–Trinajstić information content (AvgIpc) is 2.82. The molecule has 0 aromatic carbocycles. The van der Waals surface area contributed by atoms with E-state index in [0.29, 0.717) is 12.8 Å². The quantitative estimate of drug-likeness (QED) is 0.839. The van der Waals surface area contributed by atoms with Gasteiger partial charge < -0.3 is 10.4 Å². The second kappa shape index (κ2) is 6.70. The summed E-state index contributed by atoms with van der Waals surface area (Å²) in [5, 5.41) is 13.9. The molecule has 0 spiro atoms. The molecule has 1 aliphatic carbocycles. The molecular formula is C15H19NO3S. The Bertz CT molecular complexity index is 521. The van der Waals surface area contributed by atoms with Crippen molar-refractivity contribution in [3.63, 3.8) is 0 Å². The van der Waals surface area contributed by atoms with Gasteiger partial charge in [-0.05, 0) is 49.3 Å². The van der Waals surface area contributed by atoms with Crippen LogP contribution in [0.4, 0.5) is 0 Å². The van der Waals surface area contributed by atoms with Crippen LogP contribution in [0.1, 0.15) is 36.1 Å². The van der Waals surface area contributed by atoms with Crippen molar-refractivity contribution in [3.8, 4) is 0 Å². The molecule has 2 unspecified atom stereocenters. The number of hydrogen-bond donors (Lipinski definition) is 2. The molecule has 1 amide bonds. The summed E-state index contributed by atoms with van der Waals surface area (Å²) in [5.74, 6) is -1.22. The van der Waals surface area contributed by atoms with Gasteiger partial charge in [-0.25, -0.2) is 0 Å². The lowest BCUT2D eigenvalue weighted by Gasteiger charge is -2.26. The third-order valence-corrected chi connectivity index (χ3v) is 4.64. The number of nitrogens with one attached hydrogen (secondary N) is 1. The number of aliphatic carboxylic acids is 1. The van der Waals surface area contributed by atoms with Gasteiger partial charge in [0, 0.05) is 17.0 Å². The van der Waals surface area contributed by atoms with E-state index < -0.39 is 5.97 Å². The Morgan fingerprint density at radius 1 is 1.45 bits per heavy atom. The van der Waals surface area contributed by atoms with Crippen LogP contribution in [0.15, 0.2) is 17.5 Å². The Kier molecular flexibility index (Phi) is 4.95. The topological polar surface area (TPSA) is 66.4 Å². The molecule has 1 fully saturated rings. The van der Waals surface area contributed by atoms with Crippen molar-refractivity contribution in [2.75, 3.05) is 0 Å². The lowest BCUT2D eigenvalue weighted by molar-refractivity contribution is -0.143. The second-order valence-corrected chi connectivity index (χ2v) is 6.16. The maximum atomic E-state index is 11.9. The van der Waals surface area contributed by atoms with Gasteiger partial charge in [0.05, 0.1) is 5.92 Å². The standard InChI is InChI=1S/C15H19NO3S/c1-10-7-8-20-13(10)5-6-14(17)16-12-4-2-3-11(9-12)15(18)19/h5-8,11-12H,2-4,9H2,1H3,(H,16,17)(H,18,19). The zero-order valence-corrected chi connectivity index (χ0v) is 12.3. The first-order chi connectivity index (χ1) is 9.56. The van der Waals surface area contributed by atoms with Crippen LogP contribution < -0.4 is 5.32 Å². The molecule has 2 N–H and O–H groups in total. The highest BCUT2D eigenvalue weighted by molar-refractivity contribution is 7.11. The Morgan fingerprint density at radius 3 is 2.90 bits per heavy atom. The van der Waals surface area contributed by atoms with E-state index in [0.717, 1.165) is 23.3 Å². The van der Waals surface area contributed by atoms with Gasteiger partial charge in [0.1, 0.15) is 0 Å². The number of aryl methyl sites for hydroxylation is 1. The lowest BCUT2D eigenvalue weighted by Crippen LogP contribution is -2.39. The van der Waals surface area contributed by atoms with Gasteiger partial charge in [-0.1, -0.05) is 6.42 Å². The van der Waals surface area contributed by atoms with Crippen LogP contribution in [0.2, 0.25) is 0 Å². The minimum absolute atomic E-state index is 0.0218. The fraction of sp³-hybridized carbons (Fsp3) is 0.467. The molecule has 20 heavy (non-hydrogen) atoms. The second-order valence-electron chi connectivity index (χ2n) is 5.21. The van der Waals surface area contributed by atoms with Gasteiger partial charge in [-0.3, -0.25) is 9.59 Å². The van der Waals surface area contributed by atoms with E-state index in [2.05, 4.69) is 5.32 Å². The molecule has 5 heteroatoms. The zero-order chi connectivity index (χ0) is 14.5. The molecule has 1 heterocycles. The molecule has 0 radical (unpaired) electrons. The number of hydrogen-bond acceptors (Lipinski definition) is 3. The van der Waals surface area contributed by atoms with Crippen molar-refractivity contribution >= 4 is 29.3 Å². The molecule has 1 aromatic rings. The fourth-order valence-corrected chi connectivity index (χ4v) is 3.32. The summed E-state index contributed by atoms with van der Waals surface area (Å²) in [6, 6.07) is 1.99. The molecule has 1 aliphatic rings. The van der Waals surface area contributed by atoms with E-state index in [1.807, 2.05) is 24.4 Å². The summed E-state index contributed by atoms with van der Waals surface area (Å²) in [7, 11) is 0. The Hall–Kier alpha value is -1.62. The van der Waals surface area contributed by atoms with Crippen molar-refractivity contribution in [3.05, 3.63) is 28.0 Å². The summed E-state index contributed by atoms with van der Waals surface area (Å²) < 4.78 is 0. The Balaban J connectivity index is 1.87. The van der Waals surface area contributed by atoms with Crippen LogP contribution in [-0.4, -0.2) is 23.0 Å². The summed E-state index contributed by atoms with van der Waals surface area (Å²) in [4.78, 5) is 23.9. The van der Waals surface area contributed by atoms with Gasteiger partial charge in [0.15, 0.2) is 0 Å². The normalized spacial score (nSPS) is 22.9. The number of amides is 1. The molecule has 2 atom stereocenters. The minimum Gasteiger partial charge on any atom is -0.481 e. The highest BCUT2D eigenvalue weighted by atomic mass is 32.1. The van der Waals surface area contributed by atoms with E-state index >= 15 is 0 Å². The van der Waals surface area contributed by atoms with Crippen LogP contribution in [-0.2, 0) is 9.59 Å². The molecule has 0 aliphatic heterocycles. The van der Waals surface area contributed by atoms with E-state index in [9.17, 15) is 9.59 Å². The maximum Gasteiger partial charge on any atom is 0.306 e. The summed E-state index contributed by atoms with van der Waals surface area (Å²) in [5.41, 5.74) is 1.16. The van der Waals surface area contributed by atoms with Crippen molar-refractivity contribution in [1.82, 2.24) is 5.32 Å². The van der Waals surface area contributed by atoms with Crippen LogP contribution >= 0.6 is 11.3 Å². The van der Waals surface area contributed by atoms with Crippen molar-refractivity contribution in [2.45, 2.75) is 38.6 Å². The first-order valence-electron chi connectivity index (χ1n) is 6.81. The first-order valence-corrected chi connectivity index (χ1v) is 7.69. The third kappa shape index (κ3) is 3.93. The zero-order valence-electron chi connectivity index (χ0n) is 11.5. The third-order valence-electron chi connectivity index (χ3n) is 3.66. The number of carbonyl (C=O) groups excluding carboxylic acids is 1. The van der Waals surface area contributed by atoms with Crippen LogP contribution in [0, 0.1) is 12.8 Å². The van der Waals surface area contributed by atoms with E-state index in [4.69, 9.17) is 5.11 Å². The number of carbonyl (C=O) groups is 2. The van der Waals surface area contributed by atoms with Gasteiger partial charge in [0.25, 0.3) is 0 Å². The number of carboxylic acid groups (broad SMARTS) is 1. The lowest BCUT2D eigenvalue weighted by atomic mass is 9.86. The molecule has 2 rings (SSSR count). The molecule has 108 valence electrons. The minimum atomic E-state index is -0.756. The molecular weight excluding hydrogens is 274 g/mol. The van der Waals surface area contributed by atoms with Crippen LogP contribution in [0.5, 0.6) is 0 Å². The summed E-state index contributed by atoms with van der Waals surface area (Å²) in [6.45, 7) is 2.01. The van der Waals surface area contributed by atoms with E-state index in [1.165, 1.54) is 6.08 Å². The molecule has 0 saturated heterocycles. The number of thiophene rings is 1. The number of rotatable bonds is 4. The first kappa shape index (κ1) is 14.8. The maximum absolute atomic E-state index is 11.9. The van der Waals surface area contributed by atoms with E-state index in [-0.39, 0.29) is 17.9 Å². The molecule has 4 nitrogen and oxygen atoms in total. The largest absolute Gasteiger partial charge is 0.481 e. The van der Waals surface area contributed by atoms with Crippen molar-refractivity contribution < 1.29 is 14.7 Å². The Morgan fingerprint density at radius 2 is 2.25 bits per heavy atom.